The lowest BCUT2D eigenvalue weighted by molar-refractivity contribution is -0.120. The summed E-state index contributed by atoms with van der Waals surface area (Å²) < 4.78 is 5.29. The molecule has 0 aromatic heterocycles. The minimum Gasteiger partial charge on any atom is -0.492 e. The Bertz CT molecular complexity index is 413. The van der Waals surface area contributed by atoms with Crippen LogP contribution in [-0.4, -0.2) is 18.1 Å². The molecule has 1 rings (SSSR count). The predicted octanol–water partition coefficient (Wildman–Crippen LogP) is 2.41. The minimum absolute atomic E-state index is 0.266. The first kappa shape index (κ1) is 13.8. The van der Waals surface area contributed by atoms with Crippen LogP contribution in [0.5, 0.6) is 5.75 Å². The lowest BCUT2D eigenvalue weighted by Gasteiger charge is -2.18. The van der Waals surface area contributed by atoms with E-state index in [-0.39, 0.29) is 5.91 Å². The Morgan fingerprint density at radius 1 is 1.53 bits per heavy atom. The number of ether oxygens (including phenoxy) is 1. The second-order valence-corrected chi connectivity index (χ2v) is 4.66. The fourth-order valence-electron chi connectivity index (χ4n) is 1.14. The van der Waals surface area contributed by atoms with Crippen molar-refractivity contribution in [3.8, 4) is 5.75 Å². The van der Waals surface area contributed by atoms with Gasteiger partial charge >= 0.3 is 0 Å². The van der Waals surface area contributed by atoms with Crippen molar-refractivity contribution in [2.75, 3.05) is 11.9 Å². The fourth-order valence-corrected chi connectivity index (χ4v) is 1.38. The summed E-state index contributed by atoms with van der Waals surface area (Å²) >= 11 is 6.00. The predicted molar refractivity (Wildman–Crippen MR) is 69.5 cm³/mol. The summed E-state index contributed by atoms with van der Waals surface area (Å²) in [6, 6.07) is 5.07. The highest BCUT2D eigenvalue weighted by Crippen LogP contribution is 2.27. The van der Waals surface area contributed by atoms with E-state index < -0.39 is 5.54 Å². The van der Waals surface area contributed by atoms with Gasteiger partial charge in [-0.2, -0.15) is 0 Å². The fraction of sp³-hybridized carbons (Fsp3) is 0.417. The van der Waals surface area contributed by atoms with Crippen molar-refractivity contribution in [2.24, 2.45) is 5.73 Å². The van der Waals surface area contributed by atoms with Gasteiger partial charge in [-0.15, -0.1) is 0 Å². The highest BCUT2D eigenvalue weighted by Gasteiger charge is 2.21. The van der Waals surface area contributed by atoms with E-state index in [1.54, 1.807) is 32.0 Å². The molecule has 0 aliphatic carbocycles. The number of hydrogen-bond acceptors (Lipinski definition) is 3. The van der Waals surface area contributed by atoms with Crippen LogP contribution in [0, 0.1) is 0 Å². The van der Waals surface area contributed by atoms with Gasteiger partial charge in [-0.1, -0.05) is 11.6 Å². The van der Waals surface area contributed by atoms with Crippen LogP contribution in [0.25, 0.3) is 0 Å². The van der Waals surface area contributed by atoms with E-state index in [4.69, 9.17) is 22.1 Å². The van der Waals surface area contributed by atoms with E-state index in [9.17, 15) is 4.79 Å². The maximum Gasteiger partial charge on any atom is 0.243 e. The van der Waals surface area contributed by atoms with Crippen LogP contribution in [0.1, 0.15) is 20.8 Å². The molecule has 1 aromatic carbocycles. The monoisotopic (exact) mass is 256 g/mol. The zero-order valence-electron chi connectivity index (χ0n) is 10.2. The van der Waals surface area contributed by atoms with Gasteiger partial charge in [0.15, 0.2) is 0 Å². The zero-order valence-corrected chi connectivity index (χ0v) is 11.0. The van der Waals surface area contributed by atoms with E-state index in [2.05, 4.69) is 5.32 Å². The van der Waals surface area contributed by atoms with Gasteiger partial charge in [0.2, 0.25) is 5.91 Å². The number of rotatable bonds is 4. The standard InChI is InChI=1S/C12H17ClN2O2/c1-4-17-10-6-5-8(7-9(10)13)15-11(16)12(2,3)14/h5-7H,4,14H2,1-3H3,(H,15,16). The molecule has 94 valence electrons. The first-order chi connectivity index (χ1) is 7.84. The van der Waals surface area contributed by atoms with Gasteiger partial charge in [0.25, 0.3) is 0 Å². The highest BCUT2D eigenvalue weighted by atomic mass is 35.5. The summed E-state index contributed by atoms with van der Waals surface area (Å²) in [4.78, 5) is 11.6. The topological polar surface area (TPSA) is 64.3 Å². The number of hydrogen-bond donors (Lipinski definition) is 2. The average molecular weight is 257 g/mol. The molecule has 1 amide bonds. The van der Waals surface area contributed by atoms with Gasteiger partial charge in [-0.3, -0.25) is 4.79 Å². The van der Waals surface area contributed by atoms with Crippen molar-refractivity contribution in [2.45, 2.75) is 26.3 Å². The zero-order chi connectivity index (χ0) is 13.1. The molecular weight excluding hydrogens is 240 g/mol. The molecule has 0 aliphatic rings. The normalized spacial score (nSPS) is 11.1. The highest BCUT2D eigenvalue weighted by molar-refractivity contribution is 6.32. The Balaban J connectivity index is 2.81. The molecule has 0 aliphatic heterocycles. The number of carbonyl (C=O) groups is 1. The quantitative estimate of drug-likeness (QED) is 0.870. The molecule has 0 heterocycles. The number of anilines is 1. The Morgan fingerprint density at radius 3 is 2.65 bits per heavy atom. The van der Waals surface area contributed by atoms with Crippen LogP contribution < -0.4 is 15.8 Å². The summed E-state index contributed by atoms with van der Waals surface area (Å²) in [7, 11) is 0. The van der Waals surface area contributed by atoms with Crippen LogP contribution in [-0.2, 0) is 4.79 Å². The van der Waals surface area contributed by atoms with Crippen molar-refractivity contribution < 1.29 is 9.53 Å². The van der Waals surface area contributed by atoms with Crippen LogP contribution in [0.3, 0.4) is 0 Å². The molecule has 0 fully saturated rings. The number of nitrogens with one attached hydrogen (secondary N) is 1. The summed E-state index contributed by atoms with van der Waals surface area (Å²) in [5, 5.41) is 3.15. The van der Waals surface area contributed by atoms with E-state index >= 15 is 0 Å². The average Bonchev–Trinajstić information content (AvgIpc) is 2.21. The summed E-state index contributed by atoms with van der Waals surface area (Å²) in [6.45, 7) is 5.70. The van der Waals surface area contributed by atoms with Gasteiger partial charge in [0.1, 0.15) is 5.75 Å². The minimum atomic E-state index is -0.926. The second kappa shape index (κ2) is 5.38. The number of nitrogens with two attached hydrogens (primary N) is 1. The van der Waals surface area contributed by atoms with Crippen LogP contribution >= 0.6 is 11.6 Å². The smallest absolute Gasteiger partial charge is 0.243 e. The first-order valence-electron chi connectivity index (χ1n) is 5.37. The molecule has 0 bridgehead atoms. The molecule has 17 heavy (non-hydrogen) atoms. The molecule has 4 nitrogen and oxygen atoms in total. The number of amides is 1. The van der Waals surface area contributed by atoms with Crippen LogP contribution in [0.4, 0.5) is 5.69 Å². The SMILES string of the molecule is CCOc1ccc(NC(=O)C(C)(C)N)cc1Cl. The molecule has 0 radical (unpaired) electrons. The van der Waals surface area contributed by atoms with Gasteiger partial charge in [0, 0.05) is 5.69 Å². The van der Waals surface area contributed by atoms with Crippen LogP contribution in [0.15, 0.2) is 18.2 Å². The molecule has 3 N–H and O–H groups in total. The van der Waals surface area contributed by atoms with Gasteiger partial charge < -0.3 is 15.8 Å². The molecule has 0 saturated carbocycles. The second-order valence-electron chi connectivity index (χ2n) is 4.25. The van der Waals surface area contributed by atoms with Crippen molar-refractivity contribution in [1.29, 1.82) is 0 Å². The van der Waals surface area contributed by atoms with Crippen molar-refractivity contribution >= 4 is 23.2 Å². The molecule has 0 atom stereocenters. The first-order valence-corrected chi connectivity index (χ1v) is 5.75. The Morgan fingerprint density at radius 2 is 2.18 bits per heavy atom. The molecular formula is C12H17ClN2O2. The van der Waals surface area contributed by atoms with E-state index in [0.29, 0.717) is 23.1 Å². The summed E-state index contributed by atoms with van der Waals surface area (Å²) in [5.41, 5.74) is 5.35. The Kier molecular flexibility index (Phi) is 4.37. The van der Waals surface area contributed by atoms with E-state index in [0.717, 1.165) is 0 Å². The summed E-state index contributed by atoms with van der Waals surface area (Å²) in [5.74, 6) is 0.330. The molecule has 0 unspecified atom stereocenters. The van der Waals surface area contributed by atoms with Crippen LogP contribution in [0.2, 0.25) is 5.02 Å². The van der Waals surface area contributed by atoms with Gasteiger partial charge in [-0.05, 0) is 39.0 Å². The third-order valence-electron chi connectivity index (χ3n) is 2.07. The van der Waals surface area contributed by atoms with Crippen molar-refractivity contribution in [3.63, 3.8) is 0 Å². The lowest BCUT2D eigenvalue weighted by atomic mass is 10.1. The molecule has 5 heteroatoms. The van der Waals surface area contributed by atoms with E-state index in [1.165, 1.54) is 0 Å². The molecule has 0 spiro atoms. The number of halogens is 1. The maximum atomic E-state index is 11.6. The van der Waals surface area contributed by atoms with Gasteiger partial charge in [-0.25, -0.2) is 0 Å². The van der Waals surface area contributed by atoms with Gasteiger partial charge in [0.05, 0.1) is 17.2 Å². The maximum absolute atomic E-state index is 11.6. The number of carbonyl (C=O) groups excluding carboxylic acids is 1. The Labute approximate surface area is 106 Å². The lowest BCUT2D eigenvalue weighted by Crippen LogP contribution is -2.45. The molecule has 1 aromatic rings. The number of benzene rings is 1. The third kappa shape index (κ3) is 3.91. The van der Waals surface area contributed by atoms with Crippen molar-refractivity contribution in [1.82, 2.24) is 0 Å². The largest absolute Gasteiger partial charge is 0.492 e. The van der Waals surface area contributed by atoms with E-state index in [1.807, 2.05) is 6.92 Å². The summed E-state index contributed by atoms with van der Waals surface area (Å²) in [6.07, 6.45) is 0. The molecule has 0 saturated heterocycles. The Hall–Kier alpha value is -1.26. The third-order valence-corrected chi connectivity index (χ3v) is 2.37. The van der Waals surface area contributed by atoms with Crippen molar-refractivity contribution in [3.05, 3.63) is 23.2 Å².